The molecule has 0 aliphatic carbocycles. The third kappa shape index (κ3) is 22.8. The third-order valence-electron chi connectivity index (χ3n) is 4.88. The summed E-state index contributed by atoms with van der Waals surface area (Å²) in [5, 5.41) is 0. The largest absolute Gasteiger partial charge is 0.378 e. The molecule has 0 spiro atoms. The molecule has 33 heavy (non-hydrogen) atoms. The highest BCUT2D eigenvalue weighted by Crippen LogP contribution is 2.22. The van der Waals surface area contributed by atoms with Crippen molar-refractivity contribution in [2.24, 2.45) is 5.73 Å². The molecule has 0 aliphatic heterocycles. The highest BCUT2D eigenvalue weighted by molar-refractivity contribution is 7.38. The smallest absolute Gasteiger partial charge is 0.161 e. The van der Waals surface area contributed by atoms with Crippen molar-refractivity contribution in [1.29, 1.82) is 0 Å². The summed E-state index contributed by atoms with van der Waals surface area (Å²) in [7, 11) is 1.73. The molecule has 8 heteroatoms. The van der Waals surface area contributed by atoms with Crippen molar-refractivity contribution in [1.82, 2.24) is 0 Å². The molecule has 6 nitrogen and oxygen atoms in total. The molecule has 0 aliphatic rings. The van der Waals surface area contributed by atoms with Gasteiger partial charge in [0.2, 0.25) is 0 Å². The summed E-state index contributed by atoms with van der Waals surface area (Å²) in [5.74, 6) is 0. The van der Waals surface area contributed by atoms with Crippen LogP contribution in [-0.4, -0.2) is 82.9 Å². The standard InChI is InChI=1S/C25H55NO5P2/c1-5-14-28-24(29-15-6-2)21-32-19-9-11-23(27-18-10-13-26)12-20-33-22-25(30-16-7-3)31-17-8-4/h23-25,32-33H,5-22,26H2,1-4H3. The van der Waals surface area contributed by atoms with E-state index in [9.17, 15) is 0 Å². The fraction of sp³-hybridized carbons (Fsp3) is 1.00. The Morgan fingerprint density at radius 3 is 1.52 bits per heavy atom. The van der Waals surface area contributed by atoms with Gasteiger partial charge in [0.15, 0.2) is 12.6 Å². The Kier molecular flexibility index (Phi) is 27.7. The fourth-order valence-electron chi connectivity index (χ4n) is 3.13. The van der Waals surface area contributed by atoms with Gasteiger partial charge in [0, 0.05) is 45.4 Å². The Morgan fingerprint density at radius 2 is 1.06 bits per heavy atom. The molecule has 0 aromatic rings. The lowest BCUT2D eigenvalue weighted by Gasteiger charge is -2.21. The van der Waals surface area contributed by atoms with Crippen molar-refractivity contribution >= 4 is 17.2 Å². The van der Waals surface area contributed by atoms with Crippen LogP contribution in [0, 0.1) is 0 Å². The van der Waals surface area contributed by atoms with Gasteiger partial charge in [0.05, 0.1) is 6.10 Å². The molecule has 0 rings (SSSR count). The van der Waals surface area contributed by atoms with Crippen molar-refractivity contribution in [3.05, 3.63) is 0 Å². The van der Waals surface area contributed by atoms with E-state index in [4.69, 9.17) is 29.4 Å². The molecule has 0 fully saturated rings. The minimum absolute atomic E-state index is 0.0289. The molecular weight excluding hydrogens is 456 g/mol. The zero-order chi connectivity index (χ0) is 24.4. The predicted molar refractivity (Wildman–Crippen MR) is 146 cm³/mol. The molecule has 3 unspecified atom stereocenters. The second-order valence-electron chi connectivity index (χ2n) is 8.32. The van der Waals surface area contributed by atoms with Crippen LogP contribution < -0.4 is 5.73 Å². The molecule has 0 aromatic carbocycles. The van der Waals surface area contributed by atoms with Crippen LogP contribution in [0.3, 0.4) is 0 Å². The van der Waals surface area contributed by atoms with Crippen LogP contribution in [0.1, 0.15) is 79.1 Å². The quantitative estimate of drug-likeness (QED) is 0.0879. The van der Waals surface area contributed by atoms with E-state index in [-0.39, 0.29) is 12.6 Å². The van der Waals surface area contributed by atoms with Gasteiger partial charge < -0.3 is 29.4 Å². The fourth-order valence-corrected chi connectivity index (χ4v) is 5.46. The Morgan fingerprint density at radius 1 is 0.576 bits per heavy atom. The zero-order valence-corrected chi connectivity index (χ0v) is 24.1. The summed E-state index contributed by atoms with van der Waals surface area (Å²) in [4.78, 5) is 0. The Balaban J connectivity index is 4.21. The van der Waals surface area contributed by atoms with Crippen molar-refractivity contribution in [3.8, 4) is 0 Å². The summed E-state index contributed by atoms with van der Waals surface area (Å²) < 4.78 is 29.6. The lowest BCUT2D eigenvalue weighted by atomic mass is 10.1. The van der Waals surface area contributed by atoms with E-state index in [2.05, 4.69) is 27.7 Å². The molecule has 0 saturated heterocycles. The minimum Gasteiger partial charge on any atom is -0.378 e. The molecule has 0 bridgehead atoms. The predicted octanol–water partition coefficient (Wildman–Crippen LogP) is 5.61. The van der Waals surface area contributed by atoms with Gasteiger partial charge in [-0.15, -0.1) is 17.2 Å². The maximum absolute atomic E-state index is 6.17. The molecule has 0 radical (unpaired) electrons. The van der Waals surface area contributed by atoms with Crippen molar-refractivity contribution in [2.45, 2.75) is 97.7 Å². The average Bonchev–Trinajstić information content (AvgIpc) is 2.83. The van der Waals surface area contributed by atoms with E-state index in [1.807, 2.05) is 0 Å². The molecule has 0 amide bonds. The van der Waals surface area contributed by atoms with Crippen LogP contribution in [0.15, 0.2) is 0 Å². The van der Waals surface area contributed by atoms with Crippen LogP contribution in [0.4, 0.5) is 0 Å². The second-order valence-corrected chi connectivity index (χ2v) is 11.1. The molecule has 3 atom stereocenters. The van der Waals surface area contributed by atoms with Gasteiger partial charge in [-0.1, -0.05) is 27.7 Å². The van der Waals surface area contributed by atoms with Crippen molar-refractivity contribution in [2.75, 3.05) is 64.2 Å². The van der Waals surface area contributed by atoms with Gasteiger partial charge in [0.1, 0.15) is 0 Å². The van der Waals surface area contributed by atoms with Crippen molar-refractivity contribution < 1.29 is 23.7 Å². The highest BCUT2D eigenvalue weighted by atomic mass is 31.1. The molecule has 2 N–H and O–H groups in total. The van der Waals surface area contributed by atoms with Crippen LogP contribution in [0.25, 0.3) is 0 Å². The average molecular weight is 512 g/mol. The molecule has 0 heterocycles. The number of hydrogen-bond acceptors (Lipinski definition) is 6. The van der Waals surface area contributed by atoms with Gasteiger partial charge in [0.25, 0.3) is 0 Å². The van der Waals surface area contributed by atoms with Gasteiger partial charge in [-0.25, -0.2) is 0 Å². The first-order valence-corrected chi connectivity index (χ1v) is 16.2. The minimum atomic E-state index is -0.0427. The molecular formula is C25H55NO5P2. The summed E-state index contributed by atoms with van der Waals surface area (Å²) in [5.41, 5.74) is 5.66. The molecule has 200 valence electrons. The van der Waals surface area contributed by atoms with Gasteiger partial charge in [-0.05, 0) is 70.2 Å². The van der Waals surface area contributed by atoms with Gasteiger partial charge in [-0.3, -0.25) is 0 Å². The van der Waals surface area contributed by atoms with Gasteiger partial charge >= 0.3 is 0 Å². The van der Waals surface area contributed by atoms with E-state index in [0.717, 1.165) is 107 Å². The van der Waals surface area contributed by atoms with Crippen LogP contribution in [0.5, 0.6) is 0 Å². The summed E-state index contributed by atoms with van der Waals surface area (Å²) in [6.07, 6.45) is 13.2. The SMILES string of the molecule is CCCOC(CPCCCC(CCPCC(OCCC)OCCC)OCCCN)OCCC. The summed E-state index contributed by atoms with van der Waals surface area (Å²) in [6.45, 7) is 13.1. The summed E-state index contributed by atoms with van der Waals surface area (Å²) in [6, 6.07) is 0. The van der Waals surface area contributed by atoms with E-state index >= 15 is 0 Å². The lowest BCUT2D eigenvalue weighted by molar-refractivity contribution is -0.127. The lowest BCUT2D eigenvalue weighted by Crippen LogP contribution is -2.22. The highest BCUT2D eigenvalue weighted by Gasteiger charge is 2.13. The normalized spacial score (nSPS) is 13.5. The molecule has 0 saturated carbocycles. The Hall–Kier alpha value is 0.620. The van der Waals surface area contributed by atoms with Crippen molar-refractivity contribution in [3.63, 3.8) is 0 Å². The topological polar surface area (TPSA) is 72.2 Å². The first-order valence-electron chi connectivity index (χ1n) is 13.4. The van der Waals surface area contributed by atoms with Crippen LogP contribution >= 0.6 is 17.2 Å². The maximum Gasteiger partial charge on any atom is 0.161 e. The van der Waals surface area contributed by atoms with E-state index in [0.29, 0.717) is 12.6 Å². The maximum atomic E-state index is 6.17. The number of ether oxygens (including phenoxy) is 5. The third-order valence-corrected chi connectivity index (χ3v) is 7.47. The first-order chi connectivity index (χ1) is 16.2. The van der Waals surface area contributed by atoms with E-state index in [1.54, 1.807) is 0 Å². The first kappa shape index (κ1) is 33.6. The summed E-state index contributed by atoms with van der Waals surface area (Å²) >= 11 is 0. The molecule has 0 aromatic heterocycles. The number of hydrogen-bond donors (Lipinski definition) is 1. The van der Waals surface area contributed by atoms with Crippen LogP contribution in [-0.2, 0) is 23.7 Å². The Labute approximate surface area is 208 Å². The van der Waals surface area contributed by atoms with Crippen LogP contribution in [0.2, 0.25) is 0 Å². The van der Waals surface area contributed by atoms with Gasteiger partial charge in [-0.2, -0.15) is 0 Å². The second kappa shape index (κ2) is 27.2. The number of rotatable bonds is 27. The van der Waals surface area contributed by atoms with E-state index in [1.165, 1.54) is 18.7 Å². The number of nitrogens with two attached hydrogens (primary N) is 1. The monoisotopic (exact) mass is 511 g/mol. The van der Waals surface area contributed by atoms with E-state index < -0.39 is 0 Å². The Bertz CT molecular complexity index is 367. The zero-order valence-electron chi connectivity index (χ0n) is 22.1.